The summed E-state index contributed by atoms with van der Waals surface area (Å²) in [6.45, 7) is -0.0242. The predicted octanol–water partition coefficient (Wildman–Crippen LogP) is 4.07. The van der Waals surface area contributed by atoms with E-state index in [2.05, 4.69) is 0 Å². The Bertz CT molecular complexity index is 907. The lowest BCUT2D eigenvalue weighted by molar-refractivity contribution is -0.136. The van der Waals surface area contributed by atoms with Crippen LogP contribution in [0.4, 0.5) is 0 Å². The van der Waals surface area contributed by atoms with Crippen LogP contribution in [0.1, 0.15) is 15.9 Å². The Morgan fingerprint density at radius 2 is 1.39 bits per heavy atom. The van der Waals surface area contributed by atoms with Crippen molar-refractivity contribution in [2.75, 3.05) is 13.2 Å². The molecular weight excluding hydrogens is 356 g/mol. The van der Waals surface area contributed by atoms with E-state index in [4.69, 9.17) is 14.2 Å². The second-order valence-electron chi connectivity index (χ2n) is 5.94. The number of ether oxygens (including phenoxy) is 3. The largest absolute Gasteiger partial charge is 0.482 e. The molecule has 0 spiro atoms. The van der Waals surface area contributed by atoms with E-state index in [9.17, 15) is 9.59 Å². The lowest BCUT2D eigenvalue weighted by Gasteiger charge is -2.11. The summed E-state index contributed by atoms with van der Waals surface area (Å²) in [5.41, 5.74) is 1.27. The number of esters is 2. The second kappa shape index (κ2) is 9.92. The van der Waals surface area contributed by atoms with Gasteiger partial charge in [0.15, 0.2) is 6.61 Å². The van der Waals surface area contributed by atoms with E-state index in [-0.39, 0.29) is 24.5 Å². The smallest absolute Gasteiger partial charge is 0.349 e. The molecule has 3 aromatic rings. The molecule has 0 amide bonds. The van der Waals surface area contributed by atoms with Crippen molar-refractivity contribution < 1.29 is 23.8 Å². The van der Waals surface area contributed by atoms with E-state index in [1.54, 1.807) is 48.5 Å². The molecule has 0 aliphatic carbocycles. The molecule has 0 saturated carbocycles. The fourth-order valence-corrected chi connectivity index (χ4v) is 2.52. The standard InChI is InChI=1S/C23H20O5/c24-22(17-27-19-11-5-2-6-12-19)28-21-14-8-7-13-20(21)23(25)26-16-15-18-9-3-1-4-10-18/h1-14H,15-17H2. The summed E-state index contributed by atoms with van der Waals surface area (Å²) in [5.74, 6) is -0.432. The summed E-state index contributed by atoms with van der Waals surface area (Å²) in [6, 6.07) is 25.2. The Kier molecular flexibility index (Phi) is 6.79. The topological polar surface area (TPSA) is 61.8 Å². The molecule has 3 aromatic carbocycles. The summed E-state index contributed by atoms with van der Waals surface area (Å²) in [5, 5.41) is 0. The number of hydrogen-bond donors (Lipinski definition) is 0. The molecule has 0 N–H and O–H groups in total. The maximum Gasteiger partial charge on any atom is 0.349 e. The van der Waals surface area contributed by atoms with E-state index in [0.29, 0.717) is 12.2 Å². The molecule has 5 nitrogen and oxygen atoms in total. The molecule has 28 heavy (non-hydrogen) atoms. The van der Waals surface area contributed by atoms with Crippen LogP contribution in [-0.4, -0.2) is 25.2 Å². The summed E-state index contributed by atoms with van der Waals surface area (Å²) in [6.07, 6.45) is 0.611. The first-order chi connectivity index (χ1) is 13.7. The van der Waals surface area contributed by atoms with Crippen molar-refractivity contribution in [1.82, 2.24) is 0 Å². The van der Waals surface area contributed by atoms with Crippen molar-refractivity contribution in [3.63, 3.8) is 0 Å². The van der Waals surface area contributed by atoms with Crippen LogP contribution in [0.15, 0.2) is 84.9 Å². The lowest BCUT2D eigenvalue weighted by Crippen LogP contribution is -2.19. The van der Waals surface area contributed by atoms with E-state index < -0.39 is 11.9 Å². The molecule has 3 rings (SSSR count). The molecule has 0 radical (unpaired) electrons. The Labute approximate surface area is 163 Å². The minimum Gasteiger partial charge on any atom is -0.482 e. The highest BCUT2D eigenvalue weighted by Gasteiger charge is 2.16. The molecule has 0 fully saturated rings. The van der Waals surface area contributed by atoms with Crippen molar-refractivity contribution in [2.24, 2.45) is 0 Å². The molecule has 0 heterocycles. The van der Waals surface area contributed by atoms with Gasteiger partial charge in [0.2, 0.25) is 0 Å². The van der Waals surface area contributed by atoms with Crippen LogP contribution in [0.5, 0.6) is 11.5 Å². The van der Waals surface area contributed by atoms with Gasteiger partial charge in [0.1, 0.15) is 17.1 Å². The molecule has 5 heteroatoms. The van der Waals surface area contributed by atoms with Gasteiger partial charge >= 0.3 is 11.9 Å². The molecular formula is C23H20O5. The number of carbonyl (C=O) groups is 2. The van der Waals surface area contributed by atoms with Crippen molar-refractivity contribution >= 4 is 11.9 Å². The van der Waals surface area contributed by atoms with Crippen molar-refractivity contribution in [3.8, 4) is 11.5 Å². The number of rotatable bonds is 8. The highest BCUT2D eigenvalue weighted by molar-refractivity contribution is 5.93. The first kappa shape index (κ1) is 19.2. The maximum atomic E-state index is 12.4. The third kappa shape index (κ3) is 5.71. The van der Waals surface area contributed by atoms with Crippen LogP contribution < -0.4 is 9.47 Å². The van der Waals surface area contributed by atoms with Gasteiger partial charge in [-0.3, -0.25) is 0 Å². The van der Waals surface area contributed by atoms with Crippen LogP contribution in [0.25, 0.3) is 0 Å². The molecule has 0 atom stereocenters. The van der Waals surface area contributed by atoms with Crippen LogP contribution in [0, 0.1) is 0 Å². The minimum atomic E-state index is -0.603. The predicted molar refractivity (Wildman–Crippen MR) is 104 cm³/mol. The van der Waals surface area contributed by atoms with Gasteiger partial charge in [0.05, 0.1) is 6.61 Å². The first-order valence-electron chi connectivity index (χ1n) is 8.91. The number of carbonyl (C=O) groups excluding carboxylic acids is 2. The highest BCUT2D eigenvalue weighted by atomic mass is 16.6. The first-order valence-corrected chi connectivity index (χ1v) is 8.91. The third-order valence-corrected chi connectivity index (χ3v) is 3.90. The lowest BCUT2D eigenvalue weighted by atomic mass is 10.2. The molecule has 0 aromatic heterocycles. The SMILES string of the molecule is O=C(COc1ccccc1)Oc1ccccc1C(=O)OCCc1ccccc1. The average molecular weight is 376 g/mol. The van der Waals surface area contributed by atoms with Crippen molar-refractivity contribution in [3.05, 3.63) is 96.1 Å². The van der Waals surface area contributed by atoms with Crippen molar-refractivity contribution in [1.29, 1.82) is 0 Å². The van der Waals surface area contributed by atoms with Gasteiger partial charge in [0.25, 0.3) is 0 Å². The Hall–Kier alpha value is -3.60. The summed E-state index contributed by atoms with van der Waals surface area (Å²) in [7, 11) is 0. The van der Waals surface area contributed by atoms with Crippen LogP contribution >= 0.6 is 0 Å². The second-order valence-corrected chi connectivity index (χ2v) is 5.94. The highest BCUT2D eigenvalue weighted by Crippen LogP contribution is 2.19. The van der Waals surface area contributed by atoms with Gasteiger partial charge in [-0.15, -0.1) is 0 Å². The summed E-state index contributed by atoms with van der Waals surface area (Å²) in [4.78, 5) is 24.4. The van der Waals surface area contributed by atoms with E-state index in [1.807, 2.05) is 36.4 Å². The molecule has 0 saturated heterocycles. The number of para-hydroxylation sites is 2. The quantitative estimate of drug-likeness (QED) is 0.438. The Balaban J connectivity index is 1.54. The fraction of sp³-hybridized carbons (Fsp3) is 0.130. The van der Waals surface area contributed by atoms with Gasteiger partial charge in [0, 0.05) is 6.42 Å². The Morgan fingerprint density at radius 1 is 0.750 bits per heavy atom. The van der Waals surface area contributed by atoms with Crippen LogP contribution in [0.2, 0.25) is 0 Å². The normalized spacial score (nSPS) is 10.1. The van der Waals surface area contributed by atoms with E-state index >= 15 is 0 Å². The van der Waals surface area contributed by atoms with E-state index in [0.717, 1.165) is 5.56 Å². The minimum absolute atomic E-state index is 0.147. The molecule has 0 unspecified atom stereocenters. The van der Waals surface area contributed by atoms with Crippen LogP contribution in [-0.2, 0) is 16.0 Å². The van der Waals surface area contributed by atoms with Gasteiger partial charge < -0.3 is 14.2 Å². The summed E-state index contributed by atoms with van der Waals surface area (Å²) < 4.78 is 16.0. The van der Waals surface area contributed by atoms with Crippen LogP contribution in [0.3, 0.4) is 0 Å². The fourth-order valence-electron chi connectivity index (χ4n) is 2.52. The molecule has 0 aliphatic heterocycles. The average Bonchev–Trinajstić information content (AvgIpc) is 2.74. The monoisotopic (exact) mass is 376 g/mol. The Morgan fingerprint density at radius 3 is 2.14 bits per heavy atom. The number of benzene rings is 3. The summed E-state index contributed by atoms with van der Waals surface area (Å²) >= 11 is 0. The third-order valence-electron chi connectivity index (χ3n) is 3.90. The maximum absolute atomic E-state index is 12.4. The van der Waals surface area contributed by atoms with E-state index in [1.165, 1.54) is 0 Å². The molecule has 142 valence electrons. The van der Waals surface area contributed by atoms with Gasteiger partial charge in [-0.1, -0.05) is 60.7 Å². The molecule has 0 bridgehead atoms. The zero-order valence-electron chi connectivity index (χ0n) is 15.2. The molecule has 0 aliphatic rings. The van der Waals surface area contributed by atoms with Crippen molar-refractivity contribution in [2.45, 2.75) is 6.42 Å². The number of hydrogen-bond acceptors (Lipinski definition) is 5. The zero-order valence-corrected chi connectivity index (χ0v) is 15.2. The van der Waals surface area contributed by atoms with Gasteiger partial charge in [-0.25, -0.2) is 9.59 Å². The zero-order chi connectivity index (χ0) is 19.6. The van der Waals surface area contributed by atoms with Gasteiger partial charge in [-0.2, -0.15) is 0 Å². The van der Waals surface area contributed by atoms with Gasteiger partial charge in [-0.05, 0) is 29.8 Å².